The first-order valence-electron chi connectivity index (χ1n) is 5.67. The van der Waals surface area contributed by atoms with Crippen molar-refractivity contribution in [3.8, 4) is 0 Å². The summed E-state index contributed by atoms with van der Waals surface area (Å²) in [4.78, 5) is 12.1. The molecule has 1 aromatic heterocycles. The van der Waals surface area contributed by atoms with Gasteiger partial charge < -0.3 is 20.7 Å². The van der Waals surface area contributed by atoms with Crippen LogP contribution < -0.4 is 11.1 Å². The molecule has 0 fully saturated rings. The van der Waals surface area contributed by atoms with Gasteiger partial charge in [0.1, 0.15) is 5.69 Å². The second-order valence-electron chi connectivity index (χ2n) is 5.16. The van der Waals surface area contributed by atoms with Crippen molar-refractivity contribution in [1.29, 1.82) is 0 Å². The average Bonchev–Trinajstić information content (AvgIpc) is 2.60. The van der Waals surface area contributed by atoms with Gasteiger partial charge in [0.25, 0.3) is 5.91 Å². The zero-order valence-corrected chi connectivity index (χ0v) is 10.8. The van der Waals surface area contributed by atoms with E-state index in [1.807, 2.05) is 18.4 Å². The Balaban J connectivity index is 2.96. The molecule has 17 heavy (non-hydrogen) atoms. The molecule has 0 saturated carbocycles. The largest absolute Gasteiger partial charge is 0.397 e. The fraction of sp³-hybridized carbons (Fsp3) is 0.583. The van der Waals surface area contributed by atoms with Gasteiger partial charge in [-0.1, -0.05) is 0 Å². The molecule has 5 heteroatoms. The van der Waals surface area contributed by atoms with E-state index in [4.69, 9.17) is 10.8 Å². The number of nitrogen functional groups attached to an aromatic ring is 1. The molecule has 0 aliphatic rings. The number of rotatable bonds is 4. The van der Waals surface area contributed by atoms with Crippen LogP contribution in [0.5, 0.6) is 0 Å². The van der Waals surface area contributed by atoms with Crippen molar-refractivity contribution < 1.29 is 9.90 Å². The maximum absolute atomic E-state index is 12.1. The first-order valence-corrected chi connectivity index (χ1v) is 5.67. The first-order chi connectivity index (χ1) is 7.76. The van der Waals surface area contributed by atoms with Crippen LogP contribution in [0.25, 0.3) is 0 Å². The molecule has 0 aliphatic carbocycles. The highest BCUT2D eigenvalue weighted by Crippen LogP contribution is 2.17. The number of hydrogen-bond acceptors (Lipinski definition) is 3. The lowest BCUT2D eigenvalue weighted by molar-refractivity contribution is 0.0858. The fourth-order valence-corrected chi connectivity index (χ4v) is 1.52. The van der Waals surface area contributed by atoms with Crippen molar-refractivity contribution in [3.05, 3.63) is 18.0 Å². The standard InChI is InChI=1S/C12H21N3O2/c1-8(2)15-6-9(13)5-10(15)11(17)14-12(3,4)7-16/h5-6,8,16H,7,13H2,1-4H3,(H,14,17). The monoisotopic (exact) mass is 239 g/mol. The minimum absolute atomic E-state index is 0.114. The topological polar surface area (TPSA) is 80.3 Å². The molecule has 96 valence electrons. The molecule has 0 aliphatic heterocycles. The van der Waals surface area contributed by atoms with E-state index in [1.165, 1.54) is 0 Å². The van der Waals surface area contributed by atoms with Crippen LogP contribution in [0, 0.1) is 0 Å². The number of carbonyl (C=O) groups is 1. The number of aliphatic hydroxyl groups excluding tert-OH is 1. The number of anilines is 1. The highest BCUT2D eigenvalue weighted by Gasteiger charge is 2.22. The number of nitrogens with zero attached hydrogens (tertiary/aromatic N) is 1. The third-order valence-corrected chi connectivity index (χ3v) is 2.51. The number of hydrogen-bond donors (Lipinski definition) is 3. The molecule has 0 spiro atoms. The van der Waals surface area contributed by atoms with Crippen LogP contribution >= 0.6 is 0 Å². The number of aliphatic hydroxyl groups is 1. The van der Waals surface area contributed by atoms with E-state index in [-0.39, 0.29) is 18.6 Å². The van der Waals surface area contributed by atoms with Gasteiger partial charge in [0.05, 0.1) is 17.8 Å². The van der Waals surface area contributed by atoms with Crippen molar-refractivity contribution in [2.24, 2.45) is 0 Å². The van der Waals surface area contributed by atoms with E-state index in [0.717, 1.165) is 0 Å². The molecule has 5 nitrogen and oxygen atoms in total. The first kappa shape index (κ1) is 13.6. The third kappa shape index (κ3) is 3.23. The maximum Gasteiger partial charge on any atom is 0.268 e. The summed E-state index contributed by atoms with van der Waals surface area (Å²) in [5, 5.41) is 11.9. The van der Waals surface area contributed by atoms with Crippen molar-refractivity contribution >= 4 is 11.6 Å². The Morgan fingerprint density at radius 3 is 2.65 bits per heavy atom. The summed E-state index contributed by atoms with van der Waals surface area (Å²) in [6.45, 7) is 7.37. The predicted octanol–water partition coefficient (Wildman–Crippen LogP) is 1.15. The van der Waals surface area contributed by atoms with Crippen LogP contribution in [0.2, 0.25) is 0 Å². The molecular weight excluding hydrogens is 218 g/mol. The Kier molecular flexibility index (Phi) is 3.83. The predicted molar refractivity (Wildman–Crippen MR) is 67.9 cm³/mol. The molecule has 4 N–H and O–H groups in total. The number of carbonyl (C=O) groups excluding carboxylic acids is 1. The lowest BCUT2D eigenvalue weighted by Gasteiger charge is -2.24. The molecule has 0 atom stereocenters. The number of nitrogens with one attached hydrogen (secondary N) is 1. The molecule has 0 radical (unpaired) electrons. The van der Waals surface area contributed by atoms with Crippen LogP contribution in [0.1, 0.15) is 44.2 Å². The van der Waals surface area contributed by atoms with E-state index in [0.29, 0.717) is 11.4 Å². The van der Waals surface area contributed by atoms with Gasteiger partial charge in [0.2, 0.25) is 0 Å². The molecule has 0 bridgehead atoms. The van der Waals surface area contributed by atoms with Gasteiger partial charge in [0, 0.05) is 12.2 Å². The summed E-state index contributed by atoms with van der Waals surface area (Å²) in [6, 6.07) is 1.80. The Labute approximate surface area is 102 Å². The van der Waals surface area contributed by atoms with Gasteiger partial charge in [-0.3, -0.25) is 4.79 Å². The third-order valence-electron chi connectivity index (χ3n) is 2.51. The Bertz CT molecular complexity index is 408. The van der Waals surface area contributed by atoms with Gasteiger partial charge in [-0.25, -0.2) is 0 Å². The van der Waals surface area contributed by atoms with Crippen LogP contribution in [0.15, 0.2) is 12.3 Å². The smallest absolute Gasteiger partial charge is 0.268 e. The van der Waals surface area contributed by atoms with E-state index < -0.39 is 5.54 Å². The molecule has 0 unspecified atom stereocenters. The van der Waals surface area contributed by atoms with Crippen LogP contribution in [-0.2, 0) is 0 Å². The van der Waals surface area contributed by atoms with Crippen molar-refractivity contribution in [2.75, 3.05) is 12.3 Å². The summed E-state index contributed by atoms with van der Waals surface area (Å²) >= 11 is 0. The molecule has 1 heterocycles. The summed E-state index contributed by atoms with van der Waals surface area (Å²) in [7, 11) is 0. The average molecular weight is 239 g/mol. The SMILES string of the molecule is CC(C)n1cc(N)cc1C(=O)NC(C)(C)CO. The lowest BCUT2D eigenvalue weighted by Crippen LogP contribution is -2.46. The summed E-state index contributed by atoms with van der Waals surface area (Å²) in [5.74, 6) is -0.227. The van der Waals surface area contributed by atoms with Crippen molar-refractivity contribution in [2.45, 2.75) is 39.3 Å². The maximum atomic E-state index is 12.1. The van der Waals surface area contributed by atoms with Crippen LogP contribution in [0.3, 0.4) is 0 Å². The Morgan fingerprint density at radius 2 is 2.18 bits per heavy atom. The molecular formula is C12H21N3O2. The molecule has 0 saturated heterocycles. The molecule has 1 amide bonds. The quantitative estimate of drug-likeness (QED) is 0.737. The van der Waals surface area contributed by atoms with Crippen molar-refractivity contribution in [3.63, 3.8) is 0 Å². The van der Waals surface area contributed by atoms with E-state index in [9.17, 15) is 4.79 Å². The van der Waals surface area contributed by atoms with Crippen LogP contribution in [0.4, 0.5) is 5.69 Å². The second-order valence-corrected chi connectivity index (χ2v) is 5.16. The highest BCUT2D eigenvalue weighted by molar-refractivity contribution is 5.94. The summed E-state index contributed by atoms with van der Waals surface area (Å²) in [6.07, 6.45) is 1.74. The minimum atomic E-state index is -0.641. The molecule has 1 rings (SSSR count). The molecule has 0 aromatic carbocycles. The van der Waals surface area contributed by atoms with Gasteiger partial charge >= 0.3 is 0 Å². The number of aromatic nitrogens is 1. The van der Waals surface area contributed by atoms with E-state index >= 15 is 0 Å². The molecule has 1 aromatic rings. The highest BCUT2D eigenvalue weighted by atomic mass is 16.3. The van der Waals surface area contributed by atoms with Gasteiger partial charge in [-0.15, -0.1) is 0 Å². The Morgan fingerprint density at radius 1 is 1.59 bits per heavy atom. The fourth-order valence-electron chi connectivity index (χ4n) is 1.52. The normalized spacial score (nSPS) is 11.9. The van der Waals surface area contributed by atoms with Gasteiger partial charge in [-0.05, 0) is 33.8 Å². The van der Waals surface area contributed by atoms with Gasteiger partial charge in [0.15, 0.2) is 0 Å². The van der Waals surface area contributed by atoms with E-state index in [1.54, 1.807) is 26.1 Å². The van der Waals surface area contributed by atoms with Crippen molar-refractivity contribution in [1.82, 2.24) is 9.88 Å². The van der Waals surface area contributed by atoms with Gasteiger partial charge in [-0.2, -0.15) is 0 Å². The summed E-state index contributed by atoms with van der Waals surface area (Å²) < 4.78 is 1.82. The second kappa shape index (κ2) is 4.79. The Hall–Kier alpha value is -1.49. The minimum Gasteiger partial charge on any atom is -0.397 e. The zero-order valence-electron chi connectivity index (χ0n) is 10.8. The number of amides is 1. The number of nitrogens with two attached hydrogens (primary N) is 1. The lowest BCUT2D eigenvalue weighted by atomic mass is 10.1. The summed E-state index contributed by atoms with van der Waals surface area (Å²) in [5.41, 5.74) is 6.13. The van der Waals surface area contributed by atoms with E-state index in [2.05, 4.69) is 5.32 Å². The zero-order chi connectivity index (χ0) is 13.2. The van der Waals surface area contributed by atoms with Crippen LogP contribution in [-0.4, -0.2) is 27.7 Å².